The summed E-state index contributed by atoms with van der Waals surface area (Å²) >= 11 is 0. The molecule has 2 bridgehead atoms. The number of rotatable bonds is 3. The van der Waals surface area contributed by atoms with Crippen LogP contribution in [0.15, 0.2) is 237 Å². The third-order valence-corrected chi connectivity index (χ3v) is 45.4. The summed E-state index contributed by atoms with van der Waals surface area (Å²) in [5.74, 6) is 0. The van der Waals surface area contributed by atoms with Crippen molar-refractivity contribution < 1.29 is 0 Å². The predicted octanol–water partition coefficient (Wildman–Crippen LogP) is 7.68. The average molecular weight is 1180 g/mol. The third-order valence-electron chi connectivity index (χ3n) is 27.5. The van der Waals surface area contributed by atoms with Gasteiger partial charge in [-0.15, -0.1) is 0 Å². The summed E-state index contributed by atoms with van der Waals surface area (Å²) in [6, 6.07) is 89.6. The predicted molar refractivity (Wildman–Crippen MR) is 410 cm³/mol. The average Bonchev–Trinajstić information content (AvgIpc) is 1.33. The van der Waals surface area contributed by atoms with Crippen molar-refractivity contribution in [1.82, 2.24) is 18.6 Å². The molecule has 17 heteroatoms. The van der Waals surface area contributed by atoms with Crippen LogP contribution >= 0.6 is 12.7 Å². The fraction of sp³-hybridized carbons (Fsp3) is 0.0270. The number of nitrogens with zero attached hydrogens (tertiary/aromatic N) is 3. The van der Waals surface area contributed by atoms with E-state index in [1.807, 2.05) is 5.30 Å². The molecule has 0 saturated carbocycles. The van der Waals surface area contributed by atoms with E-state index in [1.54, 1.807) is 5.39 Å². The molecule has 13 aliphatic heterocycles. The van der Waals surface area contributed by atoms with Crippen LogP contribution in [0.25, 0.3) is 116 Å². The Morgan fingerprint density at radius 1 is 0.396 bits per heavy atom. The van der Waals surface area contributed by atoms with Gasteiger partial charge in [0.15, 0.2) is 0 Å². The SMILES string of the molecule is Cc1cc2c3c(c1)-n1c4ccccc4c4cccc(c41)B3c1ccccc1-2.Cc1ccc2c3c1-n1c4ccccc4c4cccc(c41)B3c1ccccc1-2.[B]1B2B3[BH2-]P123NP12(c3cccc4c3c3cccc5c3n4-c3cccc4c3B5c3ccccc3-4)B3[BH2-]B1B32. The first-order chi connectivity index (χ1) is 44.9. The van der Waals surface area contributed by atoms with Crippen LogP contribution in [0.5, 0.6) is 0 Å². The van der Waals surface area contributed by atoms with Gasteiger partial charge in [-0.25, -0.2) is 0 Å². The molecule has 12 aromatic carbocycles. The van der Waals surface area contributed by atoms with Gasteiger partial charge >= 0.3 is 220 Å². The summed E-state index contributed by atoms with van der Waals surface area (Å²) in [7, 11) is 0.323. The van der Waals surface area contributed by atoms with Crippen molar-refractivity contribution in [3.05, 3.63) is 248 Å². The molecule has 1 spiro atoms. The first kappa shape index (κ1) is 48.4. The van der Waals surface area contributed by atoms with Gasteiger partial charge in [0.25, 0.3) is 0 Å². The Labute approximate surface area is 531 Å². The molecule has 0 aliphatic carbocycles. The Morgan fingerprint density at radius 3 is 1.48 bits per heavy atom. The van der Waals surface area contributed by atoms with Crippen molar-refractivity contribution in [2.45, 2.75) is 13.8 Å². The Kier molecular flexibility index (Phi) is 8.09. The second kappa shape index (κ2) is 15.2. The molecule has 0 unspecified atom stereocenters. The van der Waals surface area contributed by atoms with Gasteiger partial charge in [0.2, 0.25) is 13.4 Å². The molecule has 7 saturated heterocycles. The summed E-state index contributed by atoms with van der Waals surface area (Å²) in [5, 5.41) is 10.5. The molecule has 1 N–H and O–H groups in total. The van der Waals surface area contributed by atoms with Crippen LogP contribution < -0.4 is 59.3 Å². The number of hydrogen-bond acceptors (Lipinski definition) is 1. The van der Waals surface area contributed by atoms with Crippen LogP contribution in [0.1, 0.15) is 11.1 Å². The van der Waals surface area contributed by atoms with Crippen LogP contribution in [0.3, 0.4) is 0 Å². The van der Waals surface area contributed by atoms with Gasteiger partial charge in [0, 0.05) is 44.0 Å². The van der Waals surface area contributed by atoms with Gasteiger partial charge in [-0.3, -0.25) is 0 Å². The molecule has 7 fully saturated rings. The zero-order valence-corrected chi connectivity index (χ0v) is 52.7. The number of benzene rings is 12. The normalized spacial score (nSPS) is 19.0. The van der Waals surface area contributed by atoms with Gasteiger partial charge in [0.05, 0.1) is 11.0 Å². The monoisotopic (exact) mass is 1180 g/mol. The second-order valence-electron chi connectivity index (χ2n) is 30.4. The molecule has 13 aliphatic rings. The number of hydrogen-bond donors (Lipinski definition) is 1. The van der Waals surface area contributed by atoms with Crippen LogP contribution in [-0.2, 0) is 0 Å². The molecule has 91 heavy (non-hydrogen) atoms. The van der Waals surface area contributed by atoms with E-state index in [2.05, 4.69) is 271 Å². The Morgan fingerprint density at radius 2 is 0.868 bits per heavy atom. The first-order valence-electron chi connectivity index (χ1n) is 34.0. The van der Waals surface area contributed by atoms with E-state index in [9.17, 15) is 0 Å². The number of aromatic nitrogens is 3. The van der Waals surface area contributed by atoms with Crippen molar-refractivity contribution in [3.8, 4) is 50.4 Å². The van der Waals surface area contributed by atoms with Gasteiger partial charge in [-0.1, -0.05) is 150 Å². The molecule has 4 nitrogen and oxygen atoms in total. The number of para-hydroxylation sites is 5. The van der Waals surface area contributed by atoms with Gasteiger partial charge in [-0.2, -0.15) is 0 Å². The van der Waals surface area contributed by atoms with Gasteiger partial charge in [-0.05, 0) is 87.3 Å². The molecule has 28 rings (SSSR count). The van der Waals surface area contributed by atoms with E-state index >= 15 is 0 Å². The first-order valence-corrected chi connectivity index (χ1v) is 39.3. The quantitative estimate of drug-likeness (QED) is 0.143. The fourth-order valence-corrected chi connectivity index (χ4v) is 48.7. The zero-order chi connectivity index (χ0) is 58.7. The summed E-state index contributed by atoms with van der Waals surface area (Å²) < 4.78 is 7.72. The van der Waals surface area contributed by atoms with Crippen LogP contribution in [-0.4, -0.2) is 85.7 Å². The Bertz CT molecular complexity index is 6150. The molecule has 15 aromatic rings. The van der Waals surface area contributed by atoms with Crippen LogP contribution in [0, 0.1) is 13.8 Å². The van der Waals surface area contributed by atoms with Gasteiger partial charge in [0.1, 0.15) is 0 Å². The number of nitrogens with one attached hydrogen (secondary N) is 1. The van der Waals surface area contributed by atoms with Gasteiger partial charge < -0.3 is 9.13 Å². The summed E-state index contributed by atoms with van der Waals surface area (Å²) in [5.41, 5.74) is 36.9. The topological polar surface area (TPSA) is 26.8 Å². The maximum atomic E-state index is 4.87. The van der Waals surface area contributed by atoms with E-state index in [1.165, 1.54) is 189 Å². The fourth-order valence-electron chi connectivity index (χ4n) is 23.5. The maximum absolute atomic E-state index is 4.87. The summed E-state index contributed by atoms with van der Waals surface area (Å²) in [4.78, 5) is 4.87. The van der Waals surface area contributed by atoms with Crippen molar-refractivity contribution in [2.24, 2.45) is 0 Å². The molecule has 16 heterocycles. The summed E-state index contributed by atoms with van der Waals surface area (Å²) in [6.07, 6.45) is 2.74. The van der Waals surface area contributed by atoms with E-state index < -0.39 is 12.7 Å². The van der Waals surface area contributed by atoms with E-state index in [-0.39, 0.29) is 0 Å². The summed E-state index contributed by atoms with van der Waals surface area (Å²) in [6.45, 7) is 8.79. The molecule has 0 atom stereocenters. The van der Waals surface area contributed by atoms with Crippen molar-refractivity contribution in [3.63, 3.8) is 0 Å². The molecule has 3 aromatic heterocycles. The zero-order valence-electron chi connectivity index (χ0n) is 50.9. The van der Waals surface area contributed by atoms with Crippen molar-refractivity contribution in [2.75, 3.05) is 0 Å². The molecule has 1 radical (unpaired) electrons. The number of fused-ring (bicyclic) bond motifs is 25. The Balaban J connectivity index is 0.0000000857. The number of aryl methyl sites for hydroxylation is 2. The Hall–Kier alpha value is -8.43. The molecular weight excluding hydrogens is 1130 g/mol. The van der Waals surface area contributed by atoms with Crippen molar-refractivity contribution >= 4 is 205 Å². The minimum absolute atomic E-state index is 0.323. The molecular formula is C74H50B11N4P2-2. The molecule has 0 amide bonds. The second-order valence-corrected chi connectivity index (χ2v) is 42.5. The minimum atomic E-state index is -1.83. The van der Waals surface area contributed by atoms with E-state index in [0.29, 0.717) is 34.1 Å². The van der Waals surface area contributed by atoms with E-state index in [4.69, 9.17) is 4.86 Å². The standard InChI is InChI=1S/2C25H16BN.C24H18B9N2P2/c1-15-13-19-16-7-2-4-10-20(16)26-21-11-6-9-18-17-8-3-5-12-22(17)27(25(18)21)23(14-15)24(19)26;1-15-13-14-18-16-7-2-4-10-20(16)26-21-11-6-9-19-17-8-3-5-12-22(17)27(25(19)21)24(15)23(18)26;1-2-9-17-14(6-1)15-7-4-12-20-23(15)28(17)18-10-3-8-16-22-19(35(20)24(16)18)11-5-13-21(22)36(29-25-30(36)33(29)36)34-37-26-31(37)32(37)27-37/h2*2-14H,1H3;1-13,34H,25-26H2/q;;-2. The van der Waals surface area contributed by atoms with Crippen molar-refractivity contribution in [1.29, 1.82) is 0 Å². The molecule has 411 valence electrons. The van der Waals surface area contributed by atoms with Crippen LogP contribution in [0.2, 0.25) is 0 Å². The third kappa shape index (κ3) is 5.06. The van der Waals surface area contributed by atoms with Crippen LogP contribution in [0.4, 0.5) is 0 Å². The van der Waals surface area contributed by atoms with E-state index in [0.717, 1.165) is 12.4 Å².